The number of benzene rings is 1. The summed E-state index contributed by atoms with van der Waals surface area (Å²) in [5.41, 5.74) is 2.72. The van der Waals surface area contributed by atoms with Gasteiger partial charge in [0, 0.05) is 55.9 Å². The van der Waals surface area contributed by atoms with E-state index in [2.05, 4.69) is 16.0 Å². The number of para-hydroxylation sites is 1. The van der Waals surface area contributed by atoms with E-state index >= 15 is 0 Å². The Hall–Kier alpha value is -2.93. The van der Waals surface area contributed by atoms with E-state index in [1.807, 2.05) is 42.9 Å². The van der Waals surface area contributed by atoms with Crippen molar-refractivity contribution in [2.24, 2.45) is 7.05 Å². The minimum atomic E-state index is -3.91. The summed E-state index contributed by atoms with van der Waals surface area (Å²) in [5.74, 6) is 0.121. The number of likely N-dealkylation sites (N-methyl/N-ethyl adjacent to an activating group) is 1. The number of nitriles is 1. The Morgan fingerprint density at radius 1 is 1.10 bits per heavy atom. The molecule has 0 spiro atoms. The number of fused-ring (bicyclic) bond motifs is 1. The lowest BCUT2D eigenvalue weighted by Crippen LogP contribution is -2.48. The van der Waals surface area contributed by atoms with Gasteiger partial charge in [-0.15, -0.1) is 0 Å². The van der Waals surface area contributed by atoms with Crippen molar-refractivity contribution in [3.8, 4) is 23.1 Å². The first-order valence-electron chi connectivity index (χ1n) is 9.22. The lowest BCUT2D eigenvalue weighted by Gasteiger charge is -2.30. The van der Waals surface area contributed by atoms with Crippen molar-refractivity contribution in [2.45, 2.75) is 0 Å². The molecule has 0 radical (unpaired) electrons. The fraction of sp³-hybridized carbons (Fsp3) is 0.300. The molecule has 0 unspecified atom stereocenters. The third-order valence-electron chi connectivity index (χ3n) is 5.19. The van der Waals surface area contributed by atoms with Crippen LogP contribution in [0.1, 0.15) is 5.56 Å². The van der Waals surface area contributed by atoms with Gasteiger partial charge in [-0.1, -0.05) is 18.2 Å². The molecule has 29 heavy (non-hydrogen) atoms. The Morgan fingerprint density at radius 3 is 2.55 bits per heavy atom. The van der Waals surface area contributed by atoms with Gasteiger partial charge in [0.15, 0.2) is 5.75 Å². The Balaban J connectivity index is 1.70. The van der Waals surface area contributed by atoms with E-state index in [1.165, 1.54) is 10.5 Å². The molecule has 3 heterocycles. The maximum atomic E-state index is 12.6. The lowest BCUT2D eigenvalue weighted by molar-refractivity contribution is 0.212. The molecule has 9 heteroatoms. The van der Waals surface area contributed by atoms with Gasteiger partial charge in [-0.3, -0.25) is 4.98 Å². The number of hydrogen-bond acceptors (Lipinski definition) is 6. The number of nitrogens with zero attached hydrogens (tertiary/aromatic N) is 5. The minimum Gasteiger partial charge on any atom is -0.369 e. The molecule has 1 aliphatic heterocycles. The average Bonchev–Trinajstić information content (AvgIpc) is 3.00. The van der Waals surface area contributed by atoms with Crippen molar-refractivity contribution in [1.29, 1.82) is 5.26 Å². The van der Waals surface area contributed by atoms with Crippen molar-refractivity contribution in [3.63, 3.8) is 0 Å². The first-order valence-corrected chi connectivity index (χ1v) is 10.6. The molecule has 8 nitrogen and oxygen atoms in total. The minimum absolute atomic E-state index is 0.121. The van der Waals surface area contributed by atoms with Gasteiger partial charge >= 0.3 is 10.3 Å². The van der Waals surface area contributed by atoms with Crippen LogP contribution in [-0.2, 0) is 17.4 Å². The molecular formula is C20H21N5O3S. The van der Waals surface area contributed by atoms with E-state index in [1.54, 1.807) is 12.3 Å². The number of pyridine rings is 1. The van der Waals surface area contributed by atoms with Gasteiger partial charge in [0.05, 0.1) is 17.5 Å². The zero-order valence-electron chi connectivity index (χ0n) is 16.2. The molecular weight excluding hydrogens is 390 g/mol. The first kappa shape index (κ1) is 19.4. The zero-order valence-corrected chi connectivity index (χ0v) is 17.1. The smallest absolute Gasteiger partial charge is 0.369 e. The van der Waals surface area contributed by atoms with E-state index in [0.29, 0.717) is 43.0 Å². The number of rotatable bonds is 4. The van der Waals surface area contributed by atoms with Crippen molar-refractivity contribution in [3.05, 3.63) is 48.3 Å². The summed E-state index contributed by atoms with van der Waals surface area (Å²) in [6.45, 7) is 2.08. The van der Waals surface area contributed by atoms with Crippen LogP contribution in [0.5, 0.6) is 5.75 Å². The van der Waals surface area contributed by atoms with Crippen LogP contribution in [0.2, 0.25) is 0 Å². The van der Waals surface area contributed by atoms with Crippen LogP contribution in [0.4, 0.5) is 0 Å². The second-order valence-corrected chi connectivity index (χ2v) is 8.60. The van der Waals surface area contributed by atoms with Crippen molar-refractivity contribution in [2.75, 3.05) is 33.2 Å². The summed E-state index contributed by atoms with van der Waals surface area (Å²) in [6.07, 6.45) is 2.97. The maximum absolute atomic E-state index is 12.6. The maximum Gasteiger partial charge on any atom is 0.385 e. The molecule has 0 saturated carbocycles. The van der Waals surface area contributed by atoms with Gasteiger partial charge in [-0.25, -0.2) is 0 Å². The van der Waals surface area contributed by atoms with Crippen LogP contribution in [0.15, 0.2) is 42.7 Å². The molecule has 0 amide bonds. The first-order chi connectivity index (χ1) is 13.9. The molecule has 1 aromatic carbocycles. The van der Waals surface area contributed by atoms with E-state index < -0.39 is 10.3 Å². The number of aryl methyl sites for hydroxylation is 1. The SMILES string of the molecule is CN1CCN(S(=O)(=O)Oc2cncc(-c3c(C#N)c4ccccc4n3C)c2)CC1. The standard InChI is InChI=1S/C20H21N5O3S/c1-23-7-9-25(10-8-23)29(26,27)28-16-11-15(13-22-14-16)20-18(12-21)17-5-3-4-6-19(17)24(20)2/h3-6,11,13-14H,7-10H2,1-2H3. The lowest BCUT2D eigenvalue weighted by atomic mass is 10.1. The largest absolute Gasteiger partial charge is 0.385 e. The molecule has 4 rings (SSSR count). The zero-order chi connectivity index (χ0) is 20.6. The summed E-state index contributed by atoms with van der Waals surface area (Å²) in [4.78, 5) is 6.22. The van der Waals surface area contributed by atoms with Crippen LogP contribution in [0.3, 0.4) is 0 Å². The van der Waals surface area contributed by atoms with E-state index in [9.17, 15) is 13.7 Å². The fourth-order valence-electron chi connectivity index (χ4n) is 3.62. The van der Waals surface area contributed by atoms with Crippen molar-refractivity contribution >= 4 is 21.2 Å². The molecule has 1 fully saturated rings. The third kappa shape index (κ3) is 3.58. The van der Waals surface area contributed by atoms with Gasteiger partial charge in [-0.05, 0) is 19.2 Å². The van der Waals surface area contributed by atoms with Crippen molar-refractivity contribution < 1.29 is 12.6 Å². The summed E-state index contributed by atoms with van der Waals surface area (Å²) in [7, 11) is -0.0931. The molecule has 1 aliphatic rings. The van der Waals surface area contributed by atoms with Crippen LogP contribution < -0.4 is 4.18 Å². The molecule has 0 atom stereocenters. The molecule has 0 aliphatic carbocycles. The topological polar surface area (TPSA) is 91.5 Å². The van der Waals surface area contributed by atoms with Crippen LogP contribution in [0, 0.1) is 11.3 Å². The highest BCUT2D eigenvalue weighted by Crippen LogP contribution is 2.33. The van der Waals surface area contributed by atoms with Gasteiger partial charge in [0.1, 0.15) is 6.07 Å². The van der Waals surface area contributed by atoms with E-state index in [-0.39, 0.29) is 5.75 Å². The van der Waals surface area contributed by atoms with Crippen molar-refractivity contribution in [1.82, 2.24) is 18.8 Å². The summed E-state index contributed by atoms with van der Waals surface area (Å²) in [5, 5.41) is 10.6. The van der Waals surface area contributed by atoms with Crippen LogP contribution in [-0.4, -0.2) is 60.4 Å². The van der Waals surface area contributed by atoms with Gasteiger partial charge < -0.3 is 13.7 Å². The Kier molecular flexibility index (Phi) is 5.00. The number of hydrogen-bond donors (Lipinski definition) is 0. The molecule has 0 bridgehead atoms. The fourth-order valence-corrected chi connectivity index (χ4v) is 4.67. The normalized spacial score (nSPS) is 16.0. The second-order valence-electron chi connectivity index (χ2n) is 7.06. The van der Waals surface area contributed by atoms with Gasteiger partial charge in [0.25, 0.3) is 0 Å². The highest BCUT2D eigenvalue weighted by molar-refractivity contribution is 7.84. The Morgan fingerprint density at radius 2 is 1.83 bits per heavy atom. The number of aromatic nitrogens is 2. The second kappa shape index (κ2) is 7.48. The molecule has 1 saturated heterocycles. The molecule has 150 valence electrons. The van der Waals surface area contributed by atoms with Crippen LogP contribution >= 0.6 is 0 Å². The summed E-state index contributed by atoms with van der Waals surface area (Å²) < 4.78 is 33.9. The van der Waals surface area contributed by atoms with E-state index in [4.69, 9.17) is 4.18 Å². The average molecular weight is 411 g/mol. The van der Waals surface area contributed by atoms with Gasteiger partial charge in [-0.2, -0.15) is 18.0 Å². The predicted octanol–water partition coefficient (Wildman–Crippen LogP) is 1.98. The highest BCUT2D eigenvalue weighted by atomic mass is 32.2. The van der Waals surface area contributed by atoms with E-state index in [0.717, 1.165) is 10.9 Å². The number of piperazine rings is 1. The summed E-state index contributed by atoms with van der Waals surface area (Å²) in [6, 6.07) is 11.5. The quantitative estimate of drug-likeness (QED) is 0.652. The van der Waals surface area contributed by atoms with Gasteiger partial charge in [0.2, 0.25) is 0 Å². The molecule has 3 aromatic rings. The predicted molar refractivity (Wildman–Crippen MR) is 109 cm³/mol. The molecule has 2 aromatic heterocycles. The molecule has 0 N–H and O–H groups in total. The highest BCUT2D eigenvalue weighted by Gasteiger charge is 2.28. The Labute approximate surface area is 169 Å². The summed E-state index contributed by atoms with van der Waals surface area (Å²) >= 11 is 0. The third-order valence-corrected chi connectivity index (χ3v) is 6.59. The van der Waals surface area contributed by atoms with Crippen LogP contribution in [0.25, 0.3) is 22.2 Å². The monoisotopic (exact) mass is 411 g/mol. The Bertz CT molecular complexity index is 1200.